The summed E-state index contributed by atoms with van der Waals surface area (Å²) in [5, 5.41) is 4.77. The van der Waals surface area contributed by atoms with Crippen molar-refractivity contribution in [2.75, 3.05) is 4.90 Å². The molecule has 264 valence electrons. The number of hydrogen-bond acceptors (Lipinski definition) is 3. The first-order valence-electron chi connectivity index (χ1n) is 19.2. The second kappa shape index (κ2) is 12.1. The summed E-state index contributed by atoms with van der Waals surface area (Å²) >= 11 is 0. The SMILES string of the molecule is C1=CC2Oc3ccccc3C2C=C1c1ccc(N(c2ccccc2-c2ccc3c(c2)c2cccc4c2n3-c2ccccc2O4)c2cccc3ccccc23)cc1. The van der Waals surface area contributed by atoms with Gasteiger partial charge in [0, 0.05) is 38.9 Å². The van der Waals surface area contributed by atoms with Gasteiger partial charge >= 0.3 is 0 Å². The van der Waals surface area contributed by atoms with Crippen molar-refractivity contribution in [3.8, 4) is 34.1 Å². The van der Waals surface area contributed by atoms with Gasteiger partial charge in [0.2, 0.25) is 0 Å². The number of benzene rings is 8. The highest BCUT2D eigenvalue weighted by Gasteiger charge is 2.33. The van der Waals surface area contributed by atoms with Crippen molar-refractivity contribution in [3.63, 3.8) is 0 Å². The summed E-state index contributed by atoms with van der Waals surface area (Å²) in [6, 6.07) is 63.1. The highest BCUT2D eigenvalue weighted by Crippen LogP contribution is 2.49. The van der Waals surface area contributed by atoms with Crippen LogP contribution in [0.3, 0.4) is 0 Å². The highest BCUT2D eigenvalue weighted by atomic mass is 16.5. The summed E-state index contributed by atoms with van der Waals surface area (Å²) in [6.45, 7) is 0. The molecule has 0 fully saturated rings. The summed E-state index contributed by atoms with van der Waals surface area (Å²) in [4.78, 5) is 2.42. The molecule has 0 N–H and O–H groups in total. The van der Waals surface area contributed by atoms with E-state index in [9.17, 15) is 0 Å². The topological polar surface area (TPSA) is 26.6 Å². The summed E-state index contributed by atoms with van der Waals surface area (Å²) in [6.07, 6.45) is 6.83. The van der Waals surface area contributed by atoms with Gasteiger partial charge in [0.15, 0.2) is 11.5 Å². The molecule has 0 bridgehead atoms. The van der Waals surface area contributed by atoms with E-state index >= 15 is 0 Å². The van der Waals surface area contributed by atoms with Crippen molar-refractivity contribution in [3.05, 3.63) is 205 Å². The minimum Gasteiger partial charge on any atom is -0.485 e. The molecule has 3 aliphatic rings. The molecule has 56 heavy (non-hydrogen) atoms. The fourth-order valence-corrected chi connectivity index (χ4v) is 9.15. The predicted octanol–water partition coefficient (Wildman–Crippen LogP) is 13.7. The van der Waals surface area contributed by atoms with Gasteiger partial charge in [0.05, 0.1) is 28.1 Å². The van der Waals surface area contributed by atoms with E-state index in [4.69, 9.17) is 9.47 Å². The van der Waals surface area contributed by atoms with Gasteiger partial charge in [-0.25, -0.2) is 0 Å². The maximum absolute atomic E-state index is 6.42. The van der Waals surface area contributed by atoms with Gasteiger partial charge in [-0.3, -0.25) is 0 Å². The van der Waals surface area contributed by atoms with Gasteiger partial charge in [-0.15, -0.1) is 0 Å². The molecule has 1 aromatic heterocycles. The van der Waals surface area contributed by atoms with Crippen LogP contribution >= 0.6 is 0 Å². The summed E-state index contributed by atoms with van der Waals surface area (Å²) < 4.78 is 15.0. The Hall–Kier alpha value is -7.30. The number of allylic oxidation sites excluding steroid dienone is 2. The number of aromatic nitrogens is 1. The van der Waals surface area contributed by atoms with Gasteiger partial charge in [0.1, 0.15) is 11.9 Å². The van der Waals surface area contributed by atoms with Crippen LogP contribution in [0.1, 0.15) is 17.0 Å². The first-order valence-corrected chi connectivity index (χ1v) is 19.2. The molecule has 1 aliphatic carbocycles. The molecule has 9 aromatic rings. The lowest BCUT2D eigenvalue weighted by atomic mass is 9.87. The lowest BCUT2D eigenvalue weighted by Crippen LogP contribution is -2.17. The average molecular weight is 719 g/mol. The predicted molar refractivity (Wildman–Crippen MR) is 229 cm³/mol. The maximum Gasteiger partial charge on any atom is 0.152 e. The van der Waals surface area contributed by atoms with Crippen LogP contribution in [0.15, 0.2) is 194 Å². The van der Waals surface area contributed by atoms with Crippen LogP contribution in [-0.2, 0) is 0 Å². The Labute approximate surface area is 324 Å². The van der Waals surface area contributed by atoms with E-state index < -0.39 is 0 Å². The summed E-state index contributed by atoms with van der Waals surface area (Å²) in [7, 11) is 0. The minimum atomic E-state index is 0.0445. The molecular weight excluding hydrogens is 685 g/mol. The zero-order valence-corrected chi connectivity index (χ0v) is 30.3. The molecule has 0 spiro atoms. The Balaban J connectivity index is 1.01. The molecule has 4 nitrogen and oxygen atoms in total. The Morgan fingerprint density at radius 2 is 1.25 bits per heavy atom. The molecule has 4 heteroatoms. The molecule has 0 saturated heterocycles. The third-order valence-corrected chi connectivity index (χ3v) is 11.7. The fourth-order valence-electron chi connectivity index (χ4n) is 9.15. The molecule has 2 aliphatic heterocycles. The Morgan fingerprint density at radius 1 is 0.536 bits per heavy atom. The molecule has 3 heterocycles. The highest BCUT2D eigenvalue weighted by molar-refractivity contribution is 6.13. The molecule has 8 aromatic carbocycles. The van der Waals surface area contributed by atoms with Crippen LogP contribution in [0.5, 0.6) is 17.2 Å². The second-order valence-electron chi connectivity index (χ2n) is 14.8. The smallest absolute Gasteiger partial charge is 0.152 e. The number of para-hydroxylation sites is 5. The quantitative estimate of drug-likeness (QED) is 0.177. The second-order valence-corrected chi connectivity index (χ2v) is 14.8. The van der Waals surface area contributed by atoms with E-state index in [2.05, 4.69) is 185 Å². The van der Waals surface area contributed by atoms with E-state index in [-0.39, 0.29) is 12.0 Å². The number of ether oxygens (including phenoxy) is 2. The zero-order chi connectivity index (χ0) is 36.7. The molecular formula is C52H34N2O2. The Morgan fingerprint density at radius 3 is 2.20 bits per heavy atom. The number of rotatable bonds is 5. The van der Waals surface area contributed by atoms with E-state index in [1.54, 1.807) is 0 Å². The fraction of sp³-hybridized carbons (Fsp3) is 0.0385. The first-order chi connectivity index (χ1) is 27.8. The first kappa shape index (κ1) is 31.1. The van der Waals surface area contributed by atoms with Gasteiger partial charge in [-0.05, 0) is 88.8 Å². The number of nitrogens with zero attached hydrogens (tertiary/aromatic N) is 2. The van der Waals surface area contributed by atoms with Crippen molar-refractivity contribution in [2.24, 2.45) is 0 Å². The average Bonchev–Trinajstić information content (AvgIpc) is 3.81. The molecule has 12 rings (SSSR count). The monoisotopic (exact) mass is 718 g/mol. The Bertz CT molecular complexity index is 3110. The normalized spacial score (nSPS) is 16.2. The lowest BCUT2D eigenvalue weighted by molar-refractivity contribution is 0.269. The lowest BCUT2D eigenvalue weighted by Gasteiger charge is -2.29. The van der Waals surface area contributed by atoms with Gasteiger partial charge in [0.25, 0.3) is 0 Å². The largest absolute Gasteiger partial charge is 0.485 e. The molecule has 0 radical (unpaired) electrons. The standard InChI is InChI=1S/C52H34N2O2/c1-2-13-38-34(11-1)12-9-19-45(38)53(37-27-23-33(24-28-37)35-26-30-49-43(31-35)40-15-4-7-20-48(40)55-49)44-17-5-3-14-39(44)36-25-29-46-42(32-36)41-16-10-22-51-52(41)54(46)47-18-6-8-21-50(47)56-51/h1-32,43,49H. The van der Waals surface area contributed by atoms with E-state index in [0.29, 0.717) is 0 Å². The van der Waals surface area contributed by atoms with Crippen molar-refractivity contribution >= 4 is 55.2 Å². The molecule has 2 atom stereocenters. The van der Waals surface area contributed by atoms with Crippen LogP contribution < -0.4 is 14.4 Å². The maximum atomic E-state index is 6.42. The third kappa shape index (κ3) is 4.66. The third-order valence-electron chi connectivity index (χ3n) is 11.7. The van der Waals surface area contributed by atoms with Gasteiger partial charge in [-0.2, -0.15) is 0 Å². The van der Waals surface area contributed by atoms with E-state index in [0.717, 1.165) is 62.2 Å². The van der Waals surface area contributed by atoms with Crippen LogP contribution in [0, 0.1) is 0 Å². The number of anilines is 3. The van der Waals surface area contributed by atoms with Crippen molar-refractivity contribution in [2.45, 2.75) is 12.0 Å². The molecule has 0 saturated carbocycles. The van der Waals surface area contributed by atoms with Gasteiger partial charge in [-0.1, -0.05) is 127 Å². The Kier molecular flexibility index (Phi) is 6.72. The van der Waals surface area contributed by atoms with Crippen molar-refractivity contribution in [1.82, 2.24) is 4.57 Å². The summed E-state index contributed by atoms with van der Waals surface area (Å²) in [5.74, 6) is 2.94. The molecule has 2 unspecified atom stereocenters. The van der Waals surface area contributed by atoms with Gasteiger partial charge < -0.3 is 18.9 Å². The van der Waals surface area contributed by atoms with Crippen LogP contribution in [0.25, 0.3) is 55.0 Å². The number of hydrogen-bond donors (Lipinski definition) is 0. The summed E-state index contributed by atoms with van der Waals surface area (Å²) in [5.41, 5.74) is 12.6. The van der Waals surface area contributed by atoms with Crippen LogP contribution in [0.2, 0.25) is 0 Å². The van der Waals surface area contributed by atoms with E-state index in [1.807, 2.05) is 18.2 Å². The van der Waals surface area contributed by atoms with E-state index in [1.165, 1.54) is 38.2 Å². The van der Waals surface area contributed by atoms with Crippen molar-refractivity contribution < 1.29 is 9.47 Å². The zero-order valence-electron chi connectivity index (χ0n) is 30.3. The van der Waals surface area contributed by atoms with Crippen molar-refractivity contribution in [1.29, 1.82) is 0 Å². The molecule has 0 amide bonds. The number of fused-ring (bicyclic) bond motifs is 9. The minimum absolute atomic E-state index is 0.0445. The van der Waals surface area contributed by atoms with Crippen LogP contribution in [0.4, 0.5) is 17.1 Å². The van der Waals surface area contributed by atoms with Crippen LogP contribution in [-0.4, -0.2) is 10.7 Å².